The van der Waals surface area contributed by atoms with Crippen LogP contribution >= 0.6 is 0 Å². The number of hydrogen-bond donors (Lipinski definition) is 0. The van der Waals surface area contributed by atoms with Crippen molar-refractivity contribution in [3.63, 3.8) is 0 Å². The average Bonchev–Trinajstić information content (AvgIpc) is 2.71. The highest BCUT2D eigenvalue weighted by Crippen LogP contribution is 2.54. The molecule has 0 aromatic rings. The molecule has 0 bridgehead atoms. The highest BCUT2D eigenvalue weighted by Gasteiger charge is 2.53. The monoisotopic (exact) mass is 312 g/mol. The Morgan fingerprint density at radius 2 is 2.00 bits per heavy atom. The molecule has 2 saturated carbocycles. The summed E-state index contributed by atoms with van der Waals surface area (Å²) in [5.41, 5.74) is 0.176. The minimum atomic E-state index is -1.02. The summed E-state index contributed by atoms with van der Waals surface area (Å²) in [7, 11) is -1.02. The highest BCUT2D eigenvalue weighted by atomic mass is 28.3. The van der Waals surface area contributed by atoms with Crippen molar-refractivity contribution in [3.05, 3.63) is 0 Å². The third kappa shape index (κ3) is 3.96. The maximum absolute atomic E-state index is 11.9. The number of ether oxygens (including phenoxy) is 2. The third-order valence-corrected chi connectivity index (χ3v) is 7.40. The Labute approximate surface area is 130 Å². The van der Waals surface area contributed by atoms with Crippen molar-refractivity contribution in [3.8, 4) is 0 Å². The molecule has 4 heteroatoms. The van der Waals surface area contributed by atoms with Crippen molar-refractivity contribution in [2.24, 2.45) is 17.3 Å². The Balaban J connectivity index is 1.79. The molecular formula is C17H32O3Si. The molecule has 0 aliphatic heterocycles. The van der Waals surface area contributed by atoms with Gasteiger partial charge >= 0.3 is 0 Å². The van der Waals surface area contributed by atoms with Crippen molar-refractivity contribution in [1.29, 1.82) is 0 Å². The fraction of sp³-hybridized carbons (Fsp3) is 0.941. The van der Waals surface area contributed by atoms with Crippen molar-refractivity contribution >= 4 is 13.9 Å². The molecule has 0 amide bonds. The van der Waals surface area contributed by atoms with Gasteiger partial charge in [-0.3, -0.25) is 4.79 Å². The van der Waals surface area contributed by atoms with Gasteiger partial charge in [0.05, 0.1) is 6.10 Å². The van der Waals surface area contributed by atoms with Crippen LogP contribution in [0.15, 0.2) is 0 Å². The molecule has 3 nitrogen and oxygen atoms in total. The van der Waals surface area contributed by atoms with E-state index in [0.29, 0.717) is 18.5 Å². The highest BCUT2D eigenvalue weighted by molar-refractivity contribution is 6.76. The molecule has 0 saturated heterocycles. The zero-order valence-electron chi connectivity index (χ0n) is 14.4. The lowest BCUT2D eigenvalue weighted by molar-refractivity contribution is -0.144. The number of Topliss-reactive ketones (excluding diaryl/α,β-unsaturated/α-hetero) is 1. The minimum Gasteiger partial charge on any atom is -0.356 e. The maximum atomic E-state index is 11.9. The summed E-state index contributed by atoms with van der Waals surface area (Å²) in [6, 6.07) is 1.19. The van der Waals surface area contributed by atoms with Crippen molar-refractivity contribution in [2.45, 2.75) is 71.3 Å². The van der Waals surface area contributed by atoms with Gasteiger partial charge in [0.15, 0.2) is 0 Å². The van der Waals surface area contributed by atoms with Gasteiger partial charge in [-0.1, -0.05) is 33.5 Å². The largest absolute Gasteiger partial charge is 0.356 e. The van der Waals surface area contributed by atoms with Gasteiger partial charge in [0, 0.05) is 27.0 Å². The molecular weight excluding hydrogens is 280 g/mol. The smallest absolute Gasteiger partial charge is 0.147 e. The zero-order chi connectivity index (χ0) is 15.7. The standard InChI is InChI=1S/C17H32O3Si/c1-13-14-6-7-16(17(14,2)9-8-15(13)18)20-12-19-10-11-21(3,4)5/h13-14,16H,6-12H2,1-5H3/t13-,14+,16-,17-/m0/s1. The second-order valence-corrected chi connectivity index (χ2v) is 14.1. The number of carbonyl (C=O) groups excluding carboxylic acids is 1. The van der Waals surface area contributed by atoms with Crippen LogP contribution in [-0.4, -0.2) is 33.4 Å². The second kappa shape index (κ2) is 6.51. The SMILES string of the molecule is C[C@@H]1C(=O)CC[C@]2(C)[C@@H](OCOCC[Si](C)(C)C)CC[C@H]12. The van der Waals surface area contributed by atoms with E-state index in [4.69, 9.17) is 9.47 Å². The summed E-state index contributed by atoms with van der Waals surface area (Å²) in [4.78, 5) is 11.9. The van der Waals surface area contributed by atoms with Crippen LogP contribution in [0.4, 0.5) is 0 Å². The Morgan fingerprint density at radius 3 is 2.67 bits per heavy atom. The van der Waals surface area contributed by atoms with Gasteiger partial charge in [0.2, 0.25) is 0 Å². The van der Waals surface area contributed by atoms with Gasteiger partial charge in [0.25, 0.3) is 0 Å². The van der Waals surface area contributed by atoms with Gasteiger partial charge in [0.1, 0.15) is 12.6 Å². The Kier molecular flexibility index (Phi) is 5.32. The third-order valence-electron chi connectivity index (χ3n) is 5.69. The number of carbonyl (C=O) groups is 1. The predicted molar refractivity (Wildman–Crippen MR) is 88.1 cm³/mol. The molecule has 0 radical (unpaired) electrons. The van der Waals surface area contributed by atoms with Crippen LogP contribution < -0.4 is 0 Å². The summed E-state index contributed by atoms with van der Waals surface area (Å²) in [6.45, 7) is 12.7. The molecule has 0 unspecified atom stereocenters. The van der Waals surface area contributed by atoms with E-state index in [1.54, 1.807) is 0 Å². The van der Waals surface area contributed by atoms with Crippen LogP contribution in [0.1, 0.15) is 39.5 Å². The maximum Gasteiger partial charge on any atom is 0.147 e. The van der Waals surface area contributed by atoms with Crippen molar-refractivity contribution in [2.75, 3.05) is 13.4 Å². The molecule has 2 rings (SSSR count). The molecule has 21 heavy (non-hydrogen) atoms. The number of hydrogen-bond acceptors (Lipinski definition) is 3. The lowest BCUT2D eigenvalue weighted by Gasteiger charge is -2.42. The molecule has 2 aliphatic carbocycles. The number of fused-ring (bicyclic) bond motifs is 1. The quantitative estimate of drug-likeness (QED) is 0.421. The summed E-state index contributed by atoms with van der Waals surface area (Å²) in [6.07, 6.45) is 4.19. The van der Waals surface area contributed by atoms with E-state index >= 15 is 0 Å². The van der Waals surface area contributed by atoms with Gasteiger partial charge in [-0.15, -0.1) is 0 Å². The molecule has 0 heterocycles. The van der Waals surface area contributed by atoms with Gasteiger partial charge in [-0.05, 0) is 36.6 Å². The first kappa shape index (κ1) is 17.2. The van der Waals surface area contributed by atoms with Crippen molar-refractivity contribution < 1.29 is 14.3 Å². The summed E-state index contributed by atoms with van der Waals surface area (Å²) in [5, 5.41) is 0. The molecule has 2 aliphatic rings. The van der Waals surface area contributed by atoms with Crippen LogP contribution in [0.25, 0.3) is 0 Å². The molecule has 4 atom stereocenters. The first-order valence-corrected chi connectivity index (χ1v) is 12.2. The van der Waals surface area contributed by atoms with Crippen LogP contribution in [-0.2, 0) is 14.3 Å². The van der Waals surface area contributed by atoms with E-state index in [0.717, 1.165) is 32.3 Å². The van der Waals surface area contributed by atoms with Crippen molar-refractivity contribution in [1.82, 2.24) is 0 Å². The molecule has 122 valence electrons. The zero-order valence-corrected chi connectivity index (χ0v) is 15.4. The van der Waals surface area contributed by atoms with E-state index < -0.39 is 8.07 Å². The first-order chi connectivity index (χ1) is 9.74. The Bertz CT molecular complexity index is 377. The predicted octanol–water partition coefficient (Wildman–Crippen LogP) is 4.10. The van der Waals surface area contributed by atoms with Gasteiger partial charge in [-0.2, -0.15) is 0 Å². The lowest BCUT2D eigenvalue weighted by Crippen LogP contribution is -2.43. The number of rotatable bonds is 6. The van der Waals surface area contributed by atoms with Gasteiger partial charge < -0.3 is 9.47 Å². The molecule has 0 N–H and O–H groups in total. The van der Waals surface area contributed by atoms with E-state index in [1.807, 2.05) is 0 Å². The molecule has 0 aromatic heterocycles. The Morgan fingerprint density at radius 1 is 1.29 bits per heavy atom. The second-order valence-electron chi connectivity index (χ2n) is 8.44. The van der Waals surface area contributed by atoms with Crippen LogP contribution in [0.3, 0.4) is 0 Å². The van der Waals surface area contributed by atoms with Crippen LogP contribution in [0, 0.1) is 17.3 Å². The van der Waals surface area contributed by atoms with Crippen LogP contribution in [0.5, 0.6) is 0 Å². The summed E-state index contributed by atoms with van der Waals surface area (Å²) >= 11 is 0. The Hall–Kier alpha value is -0.193. The molecule has 0 spiro atoms. The van der Waals surface area contributed by atoms with E-state index in [-0.39, 0.29) is 17.4 Å². The number of ketones is 1. The molecule has 2 fully saturated rings. The topological polar surface area (TPSA) is 35.5 Å². The minimum absolute atomic E-state index is 0.176. The fourth-order valence-corrected chi connectivity index (χ4v) is 4.84. The lowest BCUT2D eigenvalue weighted by atomic mass is 9.64. The average molecular weight is 313 g/mol. The fourth-order valence-electron chi connectivity index (χ4n) is 4.08. The first-order valence-electron chi connectivity index (χ1n) is 8.46. The molecule has 0 aromatic carbocycles. The van der Waals surface area contributed by atoms with Gasteiger partial charge in [-0.25, -0.2) is 0 Å². The van der Waals surface area contributed by atoms with E-state index in [2.05, 4.69) is 33.5 Å². The summed E-state index contributed by atoms with van der Waals surface area (Å²) in [5.74, 6) is 1.17. The van der Waals surface area contributed by atoms with E-state index in [9.17, 15) is 4.79 Å². The normalized spacial score (nSPS) is 36.8. The van der Waals surface area contributed by atoms with Crippen LogP contribution in [0.2, 0.25) is 25.7 Å². The van der Waals surface area contributed by atoms with E-state index in [1.165, 1.54) is 6.04 Å². The summed E-state index contributed by atoms with van der Waals surface area (Å²) < 4.78 is 11.7.